The van der Waals surface area contributed by atoms with E-state index in [9.17, 15) is 13.2 Å². The maximum atomic E-state index is 13.1. The predicted octanol–water partition coefficient (Wildman–Crippen LogP) is 4.88. The van der Waals surface area contributed by atoms with Gasteiger partial charge in [0, 0.05) is 0 Å². The third-order valence-electron chi connectivity index (χ3n) is 5.24. The van der Waals surface area contributed by atoms with Gasteiger partial charge in [-0.05, 0) is 59.2 Å². The van der Waals surface area contributed by atoms with Crippen molar-refractivity contribution in [3.8, 4) is 0 Å². The number of ether oxygens (including phenoxy) is 1. The molecule has 4 aromatic carbocycles. The van der Waals surface area contributed by atoms with E-state index in [4.69, 9.17) is 4.74 Å². The Labute approximate surface area is 181 Å². The number of aryl methyl sites for hydroxylation is 1. The summed E-state index contributed by atoms with van der Waals surface area (Å²) in [5.41, 5.74) is 1.50. The molecule has 0 aliphatic heterocycles. The highest BCUT2D eigenvalue weighted by atomic mass is 32.2. The molecule has 0 spiro atoms. The van der Waals surface area contributed by atoms with Crippen LogP contribution in [0.1, 0.15) is 24.1 Å². The summed E-state index contributed by atoms with van der Waals surface area (Å²) in [5, 5.41) is 3.69. The molecule has 4 rings (SSSR count). The molecule has 6 heteroatoms. The highest BCUT2D eigenvalue weighted by molar-refractivity contribution is 7.89. The molecule has 0 saturated heterocycles. The zero-order valence-electron chi connectivity index (χ0n) is 17.3. The van der Waals surface area contributed by atoms with Crippen molar-refractivity contribution in [1.29, 1.82) is 0 Å². The van der Waals surface area contributed by atoms with Crippen LogP contribution in [0.3, 0.4) is 0 Å². The van der Waals surface area contributed by atoms with Crippen molar-refractivity contribution in [2.75, 3.05) is 6.61 Å². The van der Waals surface area contributed by atoms with Gasteiger partial charge in [0.2, 0.25) is 10.0 Å². The minimum atomic E-state index is -3.96. The molecular weight excluding hydrogens is 410 g/mol. The molecular formula is C25H23NO4S. The van der Waals surface area contributed by atoms with Crippen molar-refractivity contribution < 1.29 is 17.9 Å². The highest BCUT2D eigenvalue weighted by Crippen LogP contribution is 2.33. The Balaban J connectivity index is 1.89. The lowest BCUT2D eigenvalue weighted by molar-refractivity contribution is -0.145. The monoisotopic (exact) mass is 433 g/mol. The standard InChI is InChI=1S/C25H23NO4S/c1-3-30-25(27)24(26-31(28,29)19-14-12-17(2)13-15-19)23-16-18-8-4-5-9-20(18)21-10-6-7-11-22(21)23/h4-16,24,26H,3H2,1-2H3/t24-/m0/s1. The minimum Gasteiger partial charge on any atom is -0.465 e. The Morgan fingerprint density at radius 1 is 0.903 bits per heavy atom. The summed E-state index contributed by atoms with van der Waals surface area (Å²) in [4.78, 5) is 13.0. The van der Waals surface area contributed by atoms with E-state index in [1.807, 2.05) is 61.5 Å². The third-order valence-corrected chi connectivity index (χ3v) is 6.68. The zero-order valence-corrected chi connectivity index (χ0v) is 18.1. The molecule has 0 radical (unpaired) electrons. The van der Waals surface area contributed by atoms with Crippen LogP contribution in [-0.2, 0) is 19.6 Å². The molecule has 0 aliphatic rings. The number of rotatable bonds is 6. The fourth-order valence-corrected chi connectivity index (χ4v) is 4.89. The first-order valence-corrected chi connectivity index (χ1v) is 11.5. The Kier molecular flexibility index (Phi) is 5.76. The van der Waals surface area contributed by atoms with E-state index < -0.39 is 22.0 Å². The van der Waals surface area contributed by atoms with Crippen molar-refractivity contribution in [2.24, 2.45) is 0 Å². The molecule has 1 atom stereocenters. The molecule has 5 nitrogen and oxygen atoms in total. The van der Waals surface area contributed by atoms with Crippen molar-refractivity contribution >= 4 is 37.5 Å². The quantitative estimate of drug-likeness (QED) is 0.347. The molecule has 0 heterocycles. The van der Waals surface area contributed by atoms with Crippen LogP contribution >= 0.6 is 0 Å². The number of carbonyl (C=O) groups is 1. The molecule has 0 bridgehead atoms. The lowest BCUT2D eigenvalue weighted by atomic mass is 9.94. The first-order valence-electron chi connectivity index (χ1n) is 10.1. The molecule has 158 valence electrons. The summed E-state index contributed by atoms with van der Waals surface area (Å²) in [6, 6.07) is 22.7. The van der Waals surface area contributed by atoms with Gasteiger partial charge in [0.15, 0.2) is 0 Å². The summed E-state index contributed by atoms with van der Waals surface area (Å²) < 4.78 is 34.1. The smallest absolute Gasteiger partial charge is 0.328 e. The Morgan fingerprint density at radius 3 is 2.19 bits per heavy atom. The minimum absolute atomic E-state index is 0.0949. The van der Waals surface area contributed by atoms with Gasteiger partial charge in [0.25, 0.3) is 0 Å². The number of benzene rings is 4. The molecule has 4 aromatic rings. The summed E-state index contributed by atoms with van der Waals surface area (Å²) in [6.07, 6.45) is 0. The van der Waals surface area contributed by atoms with Crippen LogP contribution in [-0.4, -0.2) is 21.0 Å². The van der Waals surface area contributed by atoms with Gasteiger partial charge in [0.05, 0.1) is 11.5 Å². The van der Waals surface area contributed by atoms with Crippen molar-refractivity contribution in [2.45, 2.75) is 24.8 Å². The maximum absolute atomic E-state index is 13.1. The number of hydrogen-bond donors (Lipinski definition) is 1. The van der Waals surface area contributed by atoms with Gasteiger partial charge in [-0.1, -0.05) is 66.2 Å². The molecule has 0 saturated carbocycles. The molecule has 0 aliphatic carbocycles. The lowest BCUT2D eigenvalue weighted by Crippen LogP contribution is -2.35. The number of carbonyl (C=O) groups excluding carboxylic acids is 1. The summed E-state index contributed by atoms with van der Waals surface area (Å²) in [6.45, 7) is 3.72. The van der Waals surface area contributed by atoms with E-state index in [1.54, 1.807) is 19.1 Å². The van der Waals surface area contributed by atoms with E-state index in [-0.39, 0.29) is 11.5 Å². The second kappa shape index (κ2) is 8.49. The van der Waals surface area contributed by atoms with Crippen molar-refractivity contribution in [3.63, 3.8) is 0 Å². The number of hydrogen-bond acceptors (Lipinski definition) is 4. The number of sulfonamides is 1. The van der Waals surface area contributed by atoms with Crippen LogP contribution in [0.4, 0.5) is 0 Å². The van der Waals surface area contributed by atoms with Crippen LogP contribution in [0.2, 0.25) is 0 Å². The van der Waals surface area contributed by atoms with Gasteiger partial charge in [-0.3, -0.25) is 0 Å². The Morgan fingerprint density at radius 2 is 1.52 bits per heavy atom. The van der Waals surface area contributed by atoms with Crippen LogP contribution in [0.15, 0.2) is 83.8 Å². The van der Waals surface area contributed by atoms with Gasteiger partial charge in [-0.25, -0.2) is 13.2 Å². The molecule has 1 N–H and O–H groups in total. The van der Waals surface area contributed by atoms with Crippen LogP contribution in [0.25, 0.3) is 21.5 Å². The SMILES string of the molecule is CCOC(=O)[C@@H](NS(=O)(=O)c1ccc(C)cc1)c1cc2ccccc2c2ccccc12. The van der Waals surface area contributed by atoms with Gasteiger partial charge >= 0.3 is 5.97 Å². The predicted molar refractivity (Wildman–Crippen MR) is 122 cm³/mol. The van der Waals surface area contributed by atoms with Crippen LogP contribution in [0, 0.1) is 6.92 Å². The van der Waals surface area contributed by atoms with E-state index in [1.165, 1.54) is 12.1 Å². The fourth-order valence-electron chi connectivity index (χ4n) is 3.73. The fraction of sp³-hybridized carbons (Fsp3) is 0.160. The normalized spacial score (nSPS) is 12.7. The second-order valence-electron chi connectivity index (χ2n) is 7.35. The molecule has 0 unspecified atom stereocenters. The van der Waals surface area contributed by atoms with Gasteiger partial charge < -0.3 is 4.74 Å². The largest absolute Gasteiger partial charge is 0.465 e. The van der Waals surface area contributed by atoms with Crippen molar-refractivity contribution in [3.05, 3.63) is 90.0 Å². The number of nitrogens with one attached hydrogen (secondary N) is 1. The maximum Gasteiger partial charge on any atom is 0.328 e. The molecule has 31 heavy (non-hydrogen) atoms. The number of esters is 1. The zero-order chi connectivity index (χ0) is 22.0. The highest BCUT2D eigenvalue weighted by Gasteiger charge is 2.30. The van der Waals surface area contributed by atoms with Gasteiger partial charge in [0.1, 0.15) is 6.04 Å². The van der Waals surface area contributed by atoms with E-state index in [2.05, 4.69) is 4.72 Å². The van der Waals surface area contributed by atoms with E-state index in [0.717, 1.165) is 27.1 Å². The summed E-state index contributed by atoms with van der Waals surface area (Å²) >= 11 is 0. The van der Waals surface area contributed by atoms with E-state index in [0.29, 0.717) is 5.56 Å². The Hall–Kier alpha value is -3.22. The topological polar surface area (TPSA) is 72.5 Å². The lowest BCUT2D eigenvalue weighted by Gasteiger charge is -2.20. The van der Waals surface area contributed by atoms with Gasteiger partial charge in [-0.15, -0.1) is 0 Å². The molecule has 0 aromatic heterocycles. The van der Waals surface area contributed by atoms with E-state index >= 15 is 0 Å². The van der Waals surface area contributed by atoms with Crippen LogP contribution < -0.4 is 4.72 Å². The summed E-state index contributed by atoms with van der Waals surface area (Å²) in [5.74, 6) is -0.640. The molecule has 0 amide bonds. The third kappa shape index (κ3) is 4.17. The average molecular weight is 434 g/mol. The first kappa shape index (κ1) is 21.0. The van der Waals surface area contributed by atoms with Gasteiger partial charge in [-0.2, -0.15) is 4.72 Å². The average Bonchev–Trinajstić information content (AvgIpc) is 2.77. The van der Waals surface area contributed by atoms with Crippen molar-refractivity contribution in [1.82, 2.24) is 4.72 Å². The Bertz CT molecular complexity index is 1360. The number of fused-ring (bicyclic) bond motifs is 3. The van der Waals surface area contributed by atoms with Crippen LogP contribution in [0.5, 0.6) is 0 Å². The summed E-state index contributed by atoms with van der Waals surface area (Å²) in [7, 11) is -3.96. The molecule has 0 fully saturated rings. The second-order valence-corrected chi connectivity index (χ2v) is 9.07. The first-order chi connectivity index (χ1) is 14.9.